The standard InChI is InChI=1S/C31H36O4/c1-4-29(2,3)28(33)35-31-19-23-16-24(20-31)18-30(17-23,21-31)34-27(32)15-12-22-10-13-26(14-11-22)25-8-6-5-7-9-25/h5-15,23-24H,4,16-21H2,1-3H3/b15-12+. The molecule has 184 valence electrons. The number of carbonyl (C=O) groups excluding carboxylic acids is 2. The maximum Gasteiger partial charge on any atom is 0.331 e. The molecule has 35 heavy (non-hydrogen) atoms. The highest BCUT2D eigenvalue weighted by Crippen LogP contribution is 2.60. The first kappa shape index (κ1) is 23.8. The first-order chi connectivity index (χ1) is 16.7. The van der Waals surface area contributed by atoms with Crippen LogP contribution in [-0.2, 0) is 19.1 Å². The average Bonchev–Trinajstić information content (AvgIpc) is 2.82. The van der Waals surface area contributed by atoms with Crippen LogP contribution in [0.25, 0.3) is 17.2 Å². The fourth-order valence-corrected chi connectivity index (χ4v) is 6.64. The summed E-state index contributed by atoms with van der Waals surface area (Å²) < 4.78 is 12.4. The summed E-state index contributed by atoms with van der Waals surface area (Å²) >= 11 is 0. The zero-order valence-electron chi connectivity index (χ0n) is 21.1. The fourth-order valence-electron chi connectivity index (χ4n) is 6.64. The van der Waals surface area contributed by atoms with Crippen LogP contribution in [0.1, 0.15) is 71.3 Å². The summed E-state index contributed by atoms with van der Waals surface area (Å²) in [6.45, 7) is 5.91. The molecular weight excluding hydrogens is 436 g/mol. The average molecular weight is 473 g/mol. The molecule has 0 amide bonds. The predicted octanol–water partition coefficient (Wildman–Crippen LogP) is 6.98. The van der Waals surface area contributed by atoms with E-state index in [1.54, 1.807) is 0 Å². The van der Waals surface area contributed by atoms with Gasteiger partial charge in [-0.1, -0.05) is 61.5 Å². The number of hydrogen-bond donors (Lipinski definition) is 0. The molecule has 4 saturated carbocycles. The normalized spacial score (nSPS) is 29.3. The first-order valence-corrected chi connectivity index (χ1v) is 13.0. The van der Waals surface area contributed by atoms with Gasteiger partial charge in [0.15, 0.2) is 0 Å². The van der Waals surface area contributed by atoms with Crippen LogP contribution in [0.2, 0.25) is 0 Å². The second-order valence-corrected chi connectivity index (χ2v) is 11.7. The molecular formula is C31H36O4. The number of ether oxygens (including phenoxy) is 2. The Morgan fingerprint density at radius 2 is 1.46 bits per heavy atom. The van der Waals surface area contributed by atoms with E-state index in [9.17, 15) is 9.59 Å². The van der Waals surface area contributed by atoms with Gasteiger partial charge in [-0.15, -0.1) is 0 Å². The number of esters is 2. The van der Waals surface area contributed by atoms with E-state index >= 15 is 0 Å². The van der Waals surface area contributed by atoms with Gasteiger partial charge >= 0.3 is 11.9 Å². The van der Waals surface area contributed by atoms with Crippen LogP contribution in [0.4, 0.5) is 0 Å². The van der Waals surface area contributed by atoms with Crippen molar-refractivity contribution in [3.63, 3.8) is 0 Å². The Hall–Kier alpha value is -2.88. The Kier molecular flexibility index (Phi) is 6.11. The van der Waals surface area contributed by atoms with Crippen LogP contribution in [-0.4, -0.2) is 23.1 Å². The Morgan fingerprint density at radius 1 is 0.886 bits per heavy atom. The van der Waals surface area contributed by atoms with Crippen LogP contribution >= 0.6 is 0 Å². The van der Waals surface area contributed by atoms with Crippen molar-refractivity contribution in [1.82, 2.24) is 0 Å². The predicted molar refractivity (Wildman–Crippen MR) is 137 cm³/mol. The number of rotatable bonds is 7. The third-order valence-corrected chi connectivity index (χ3v) is 8.45. The van der Waals surface area contributed by atoms with Crippen molar-refractivity contribution in [3.05, 3.63) is 66.2 Å². The molecule has 0 radical (unpaired) electrons. The monoisotopic (exact) mass is 472 g/mol. The highest BCUT2D eigenvalue weighted by molar-refractivity contribution is 5.87. The van der Waals surface area contributed by atoms with Gasteiger partial charge in [-0.3, -0.25) is 4.79 Å². The molecule has 0 heterocycles. The Bertz CT molecular complexity index is 1100. The van der Waals surface area contributed by atoms with Gasteiger partial charge in [0, 0.05) is 12.5 Å². The fraction of sp³-hybridized carbons (Fsp3) is 0.484. The molecule has 0 saturated heterocycles. The molecule has 2 aromatic rings. The molecule has 4 aliphatic rings. The van der Waals surface area contributed by atoms with E-state index in [2.05, 4.69) is 24.3 Å². The van der Waals surface area contributed by atoms with Crippen molar-refractivity contribution in [2.45, 2.75) is 76.9 Å². The van der Waals surface area contributed by atoms with Gasteiger partial charge in [0.25, 0.3) is 0 Å². The van der Waals surface area contributed by atoms with Crippen LogP contribution in [0.5, 0.6) is 0 Å². The van der Waals surface area contributed by atoms with Crippen LogP contribution < -0.4 is 0 Å². The van der Waals surface area contributed by atoms with Crippen molar-refractivity contribution >= 4 is 18.0 Å². The molecule has 0 spiro atoms. The summed E-state index contributed by atoms with van der Waals surface area (Å²) in [6, 6.07) is 18.4. The van der Waals surface area contributed by atoms with Gasteiger partial charge < -0.3 is 9.47 Å². The minimum Gasteiger partial charge on any atom is -0.458 e. The maximum atomic E-state index is 12.9. The summed E-state index contributed by atoms with van der Waals surface area (Å²) in [5.74, 6) is 0.476. The molecule has 6 rings (SSSR count). The lowest BCUT2D eigenvalue weighted by atomic mass is 9.52. The Balaban J connectivity index is 1.26. The van der Waals surface area contributed by atoms with Crippen molar-refractivity contribution in [2.24, 2.45) is 17.3 Å². The first-order valence-electron chi connectivity index (χ1n) is 13.0. The number of carbonyl (C=O) groups is 2. The molecule has 4 bridgehead atoms. The largest absolute Gasteiger partial charge is 0.458 e. The number of hydrogen-bond acceptors (Lipinski definition) is 4. The van der Waals surface area contributed by atoms with E-state index in [-0.39, 0.29) is 11.9 Å². The van der Waals surface area contributed by atoms with Crippen LogP contribution in [0.3, 0.4) is 0 Å². The number of benzene rings is 2. The molecule has 2 unspecified atom stereocenters. The zero-order valence-corrected chi connectivity index (χ0v) is 21.1. The Labute approximate surface area is 208 Å². The minimum atomic E-state index is -0.515. The molecule has 4 heteroatoms. The van der Waals surface area contributed by atoms with Crippen molar-refractivity contribution in [2.75, 3.05) is 0 Å². The van der Waals surface area contributed by atoms with Gasteiger partial charge in [0.05, 0.1) is 5.41 Å². The van der Waals surface area contributed by atoms with Gasteiger partial charge in [-0.25, -0.2) is 4.79 Å². The lowest BCUT2D eigenvalue weighted by Gasteiger charge is -2.60. The van der Waals surface area contributed by atoms with Gasteiger partial charge in [0.2, 0.25) is 0 Å². The molecule has 2 aromatic carbocycles. The smallest absolute Gasteiger partial charge is 0.331 e. The third kappa shape index (κ3) is 4.94. The summed E-state index contributed by atoms with van der Waals surface area (Å²) in [4.78, 5) is 25.8. The van der Waals surface area contributed by atoms with Crippen molar-refractivity contribution < 1.29 is 19.1 Å². The van der Waals surface area contributed by atoms with Crippen molar-refractivity contribution in [1.29, 1.82) is 0 Å². The molecule has 2 atom stereocenters. The molecule has 0 aliphatic heterocycles. The molecule has 4 aliphatic carbocycles. The van der Waals surface area contributed by atoms with Gasteiger partial charge in [-0.2, -0.15) is 0 Å². The van der Waals surface area contributed by atoms with E-state index in [4.69, 9.17) is 9.47 Å². The maximum absolute atomic E-state index is 12.9. The van der Waals surface area contributed by atoms with Crippen molar-refractivity contribution in [3.8, 4) is 11.1 Å². The lowest BCUT2D eigenvalue weighted by Crippen LogP contribution is -2.62. The molecule has 4 nitrogen and oxygen atoms in total. The van der Waals surface area contributed by atoms with E-state index in [1.807, 2.05) is 57.2 Å². The van der Waals surface area contributed by atoms with Crippen LogP contribution in [0.15, 0.2) is 60.7 Å². The highest BCUT2D eigenvalue weighted by Gasteiger charge is 2.61. The van der Waals surface area contributed by atoms with E-state index in [0.29, 0.717) is 18.3 Å². The summed E-state index contributed by atoms with van der Waals surface area (Å²) in [6.07, 6.45) is 9.44. The Morgan fingerprint density at radius 3 is 2.06 bits per heavy atom. The molecule has 4 fully saturated rings. The SMILES string of the molecule is CCC(C)(C)C(=O)OC12CC3CC(CC(OC(=O)/C=C/c4ccc(-c5ccccc5)cc4)(C3)C1)C2. The summed E-state index contributed by atoms with van der Waals surface area (Å²) in [5.41, 5.74) is 1.78. The quantitative estimate of drug-likeness (QED) is 0.322. The second-order valence-electron chi connectivity index (χ2n) is 11.7. The lowest BCUT2D eigenvalue weighted by molar-refractivity contribution is -0.233. The highest BCUT2D eigenvalue weighted by atomic mass is 16.6. The van der Waals surface area contributed by atoms with E-state index in [0.717, 1.165) is 49.7 Å². The van der Waals surface area contributed by atoms with E-state index in [1.165, 1.54) is 11.6 Å². The molecule has 0 N–H and O–H groups in total. The topological polar surface area (TPSA) is 52.6 Å². The van der Waals surface area contributed by atoms with E-state index < -0.39 is 16.6 Å². The zero-order chi connectivity index (χ0) is 24.7. The van der Waals surface area contributed by atoms with Gasteiger partial charge in [-0.05, 0) is 87.0 Å². The summed E-state index contributed by atoms with van der Waals surface area (Å²) in [7, 11) is 0. The van der Waals surface area contributed by atoms with Crippen LogP contribution in [0, 0.1) is 17.3 Å². The minimum absolute atomic E-state index is 0.123. The molecule has 0 aromatic heterocycles. The van der Waals surface area contributed by atoms with Gasteiger partial charge in [0.1, 0.15) is 11.2 Å². The summed E-state index contributed by atoms with van der Waals surface area (Å²) in [5, 5.41) is 0. The second kappa shape index (κ2) is 8.96. The third-order valence-electron chi connectivity index (χ3n) is 8.45.